The van der Waals surface area contributed by atoms with Crippen molar-refractivity contribution in [1.29, 1.82) is 0 Å². The van der Waals surface area contributed by atoms with Gasteiger partial charge in [0, 0.05) is 36.8 Å². The number of ether oxygens (including phenoxy) is 1. The minimum Gasteiger partial charge on any atom is -0.368 e. The molecule has 154 valence electrons. The van der Waals surface area contributed by atoms with E-state index in [1.165, 1.54) is 0 Å². The number of anilines is 1. The molecule has 1 aliphatic heterocycles. The molecule has 2 aromatic carbocycles. The maximum absolute atomic E-state index is 12.6. The first kappa shape index (κ1) is 19.8. The molecular formula is C23H24N4O3. The summed E-state index contributed by atoms with van der Waals surface area (Å²) in [5, 5.41) is 10.0. The molecule has 1 fully saturated rings. The molecule has 0 saturated carbocycles. The molecule has 2 amide bonds. The molecule has 1 unspecified atom stereocenters. The van der Waals surface area contributed by atoms with Gasteiger partial charge in [0.25, 0.3) is 11.8 Å². The van der Waals surface area contributed by atoms with Crippen LogP contribution < -0.4 is 10.6 Å². The average Bonchev–Trinajstić information content (AvgIpc) is 3.48. The number of hydrogen-bond acceptors (Lipinski definition) is 4. The van der Waals surface area contributed by atoms with Crippen molar-refractivity contribution >= 4 is 17.5 Å². The van der Waals surface area contributed by atoms with Gasteiger partial charge < -0.3 is 15.4 Å². The Bertz CT molecular complexity index is 1020. The molecule has 0 bridgehead atoms. The Morgan fingerprint density at radius 3 is 2.73 bits per heavy atom. The highest BCUT2D eigenvalue weighted by Crippen LogP contribution is 2.20. The summed E-state index contributed by atoms with van der Waals surface area (Å²) >= 11 is 0. The highest BCUT2D eigenvalue weighted by atomic mass is 16.5. The SMILES string of the molecule is Cc1ccc(C(=O)NCc2ccc(-n3cccn3)cc2)cc1NC(=O)C1CCCO1. The molecule has 0 aliphatic carbocycles. The van der Waals surface area contributed by atoms with E-state index in [2.05, 4.69) is 15.7 Å². The Kier molecular flexibility index (Phi) is 5.90. The topological polar surface area (TPSA) is 85.3 Å². The Labute approximate surface area is 175 Å². The van der Waals surface area contributed by atoms with Gasteiger partial charge in [-0.05, 0) is 61.2 Å². The largest absolute Gasteiger partial charge is 0.368 e. The molecule has 4 rings (SSSR count). The van der Waals surface area contributed by atoms with Crippen LogP contribution in [0.25, 0.3) is 5.69 Å². The molecule has 2 N–H and O–H groups in total. The lowest BCUT2D eigenvalue weighted by atomic mass is 10.1. The van der Waals surface area contributed by atoms with Crippen molar-refractivity contribution in [2.75, 3.05) is 11.9 Å². The maximum Gasteiger partial charge on any atom is 0.253 e. The Morgan fingerprint density at radius 1 is 1.20 bits per heavy atom. The van der Waals surface area contributed by atoms with Crippen LogP contribution in [0.1, 0.15) is 34.3 Å². The zero-order valence-corrected chi connectivity index (χ0v) is 16.8. The van der Waals surface area contributed by atoms with E-state index >= 15 is 0 Å². The van der Waals surface area contributed by atoms with E-state index < -0.39 is 6.10 Å². The van der Waals surface area contributed by atoms with Crippen molar-refractivity contribution in [3.8, 4) is 5.69 Å². The van der Waals surface area contributed by atoms with Crippen molar-refractivity contribution in [3.05, 3.63) is 77.6 Å². The number of aromatic nitrogens is 2. The standard InChI is InChI=1S/C23H24N4O3/c1-16-5-8-18(14-20(16)26-23(29)21-4-2-13-30-21)22(28)24-15-17-6-9-19(10-7-17)27-12-3-11-25-27/h3,5-12,14,21H,2,4,13,15H2,1H3,(H,24,28)(H,26,29). The van der Waals surface area contributed by atoms with Crippen LogP contribution in [0.3, 0.4) is 0 Å². The molecule has 7 nitrogen and oxygen atoms in total. The molecule has 1 aliphatic rings. The summed E-state index contributed by atoms with van der Waals surface area (Å²) in [6, 6.07) is 15.0. The van der Waals surface area contributed by atoms with E-state index in [1.54, 1.807) is 23.0 Å². The number of aryl methyl sites for hydroxylation is 1. The fourth-order valence-corrected chi connectivity index (χ4v) is 3.37. The van der Waals surface area contributed by atoms with Gasteiger partial charge in [0.2, 0.25) is 0 Å². The van der Waals surface area contributed by atoms with E-state index in [0.29, 0.717) is 24.4 Å². The maximum atomic E-state index is 12.6. The molecule has 1 saturated heterocycles. The second-order valence-electron chi connectivity index (χ2n) is 7.32. The number of carbonyl (C=O) groups is 2. The molecule has 0 spiro atoms. The van der Waals surface area contributed by atoms with Crippen LogP contribution in [0.2, 0.25) is 0 Å². The lowest BCUT2D eigenvalue weighted by Gasteiger charge is -2.14. The van der Waals surface area contributed by atoms with Crippen LogP contribution in [-0.2, 0) is 16.1 Å². The minimum absolute atomic E-state index is 0.162. The lowest BCUT2D eigenvalue weighted by Crippen LogP contribution is -2.27. The van der Waals surface area contributed by atoms with Gasteiger partial charge in [-0.1, -0.05) is 18.2 Å². The summed E-state index contributed by atoms with van der Waals surface area (Å²) in [5.74, 6) is -0.357. The summed E-state index contributed by atoms with van der Waals surface area (Å²) in [4.78, 5) is 24.9. The smallest absolute Gasteiger partial charge is 0.253 e. The number of nitrogens with zero attached hydrogens (tertiary/aromatic N) is 2. The van der Waals surface area contributed by atoms with Crippen LogP contribution >= 0.6 is 0 Å². The first-order valence-corrected chi connectivity index (χ1v) is 10.0. The van der Waals surface area contributed by atoms with Gasteiger partial charge in [-0.25, -0.2) is 4.68 Å². The van der Waals surface area contributed by atoms with Gasteiger partial charge >= 0.3 is 0 Å². The predicted octanol–water partition coefficient (Wildman–Crippen LogP) is 3.23. The number of amides is 2. The zero-order valence-electron chi connectivity index (χ0n) is 16.8. The first-order valence-electron chi connectivity index (χ1n) is 10.0. The highest BCUT2D eigenvalue weighted by Gasteiger charge is 2.24. The Morgan fingerprint density at radius 2 is 2.03 bits per heavy atom. The molecule has 1 atom stereocenters. The van der Waals surface area contributed by atoms with Gasteiger partial charge in [0.15, 0.2) is 0 Å². The Hall–Kier alpha value is -3.45. The third-order valence-corrected chi connectivity index (χ3v) is 5.14. The summed E-state index contributed by atoms with van der Waals surface area (Å²) in [6.07, 6.45) is 4.81. The molecule has 1 aromatic heterocycles. The minimum atomic E-state index is -0.411. The Balaban J connectivity index is 1.37. The molecular weight excluding hydrogens is 380 g/mol. The lowest BCUT2D eigenvalue weighted by molar-refractivity contribution is -0.124. The van der Waals surface area contributed by atoms with Crippen molar-refractivity contribution < 1.29 is 14.3 Å². The molecule has 2 heterocycles. The summed E-state index contributed by atoms with van der Waals surface area (Å²) in [7, 11) is 0. The van der Waals surface area contributed by atoms with Gasteiger partial charge in [0.05, 0.1) is 5.69 Å². The molecule has 3 aromatic rings. The predicted molar refractivity (Wildman–Crippen MR) is 114 cm³/mol. The highest BCUT2D eigenvalue weighted by molar-refractivity contribution is 5.99. The second kappa shape index (κ2) is 8.92. The number of benzene rings is 2. The van der Waals surface area contributed by atoms with Crippen molar-refractivity contribution in [3.63, 3.8) is 0 Å². The number of nitrogens with one attached hydrogen (secondary N) is 2. The van der Waals surface area contributed by atoms with Gasteiger partial charge in [-0.15, -0.1) is 0 Å². The van der Waals surface area contributed by atoms with Gasteiger partial charge in [-0.2, -0.15) is 5.10 Å². The van der Waals surface area contributed by atoms with E-state index in [4.69, 9.17) is 4.74 Å². The van der Waals surface area contributed by atoms with Crippen molar-refractivity contribution in [1.82, 2.24) is 15.1 Å². The van der Waals surface area contributed by atoms with Gasteiger partial charge in [-0.3, -0.25) is 9.59 Å². The van der Waals surface area contributed by atoms with Crippen molar-refractivity contribution in [2.45, 2.75) is 32.4 Å². The molecule has 30 heavy (non-hydrogen) atoms. The first-order chi connectivity index (χ1) is 14.6. The molecule has 7 heteroatoms. The second-order valence-corrected chi connectivity index (χ2v) is 7.32. The third kappa shape index (κ3) is 4.58. The normalized spacial score (nSPS) is 15.7. The summed E-state index contributed by atoms with van der Waals surface area (Å²) < 4.78 is 7.21. The van der Waals surface area contributed by atoms with Crippen LogP contribution in [0.15, 0.2) is 60.9 Å². The number of hydrogen-bond donors (Lipinski definition) is 2. The van der Waals surface area contributed by atoms with Crippen molar-refractivity contribution in [2.24, 2.45) is 0 Å². The van der Waals surface area contributed by atoms with E-state index in [-0.39, 0.29) is 11.8 Å². The van der Waals surface area contributed by atoms with Crippen LogP contribution in [0.5, 0.6) is 0 Å². The van der Waals surface area contributed by atoms with Gasteiger partial charge in [0.1, 0.15) is 6.10 Å². The monoisotopic (exact) mass is 404 g/mol. The number of rotatable bonds is 6. The fourth-order valence-electron chi connectivity index (χ4n) is 3.37. The van der Waals surface area contributed by atoms with Crippen LogP contribution in [0.4, 0.5) is 5.69 Å². The van der Waals surface area contributed by atoms with Crippen LogP contribution in [-0.4, -0.2) is 34.3 Å². The quantitative estimate of drug-likeness (QED) is 0.661. The summed E-state index contributed by atoms with van der Waals surface area (Å²) in [6.45, 7) is 2.92. The summed E-state index contributed by atoms with van der Waals surface area (Å²) in [5.41, 5.74) is 3.97. The van der Waals surface area contributed by atoms with E-state index in [0.717, 1.165) is 29.7 Å². The third-order valence-electron chi connectivity index (χ3n) is 5.14. The van der Waals surface area contributed by atoms with Crippen LogP contribution in [0, 0.1) is 6.92 Å². The van der Waals surface area contributed by atoms with E-state index in [9.17, 15) is 9.59 Å². The zero-order chi connectivity index (χ0) is 20.9. The molecule has 0 radical (unpaired) electrons. The number of carbonyl (C=O) groups excluding carboxylic acids is 2. The average molecular weight is 404 g/mol. The fraction of sp³-hybridized carbons (Fsp3) is 0.261. The van der Waals surface area contributed by atoms with E-state index in [1.807, 2.05) is 49.5 Å².